The summed E-state index contributed by atoms with van der Waals surface area (Å²) in [7, 11) is 0. The third-order valence-corrected chi connectivity index (χ3v) is 4.49. The molecule has 2 aliphatic rings. The molecule has 0 aromatic heterocycles. The molecule has 0 aliphatic heterocycles. The van der Waals surface area contributed by atoms with E-state index in [9.17, 15) is 0 Å². The fourth-order valence-corrected chi connectivity index (χ4v) is 3.82. The van der Waals surface area contributed by atoms with Gasteiger partial charge in [-0.1, -0.05) is 46.0 Å². The Morgan fingerprint density at radius 3 is 2.31 bits per heavy atom. The quantitative estimate of drug-likeness (QED) is 0.566. The molecule has 0 saturated heterocycles. The topological polar surface area (TPSA) is 0 Å². The smallest absolute Gasteiger partial charge is 0.0355 e. The van der Waals surface area contributed by atoms with E-state index < -0.39 is 0 Å². The molecule has 0 spiro atoms. The Morgan fingerprint density at radius 1 is 0.846 bits per heavy atom. The minimum Gasteiger partial charge on any atom is -0.0625 e. The summed E-state index contributed by atoms with van der Waals surface area (Å²) in [4.78, 5) is 0. The normalized spacial score (nSPS) is 40.4. The second kappa shape index (κ2) is 4.02. The molecule has 0 heterocycles. The van der Waals surface area contributed by atoms with Gasteiger partial charge in [-0.25, -0.2) is 0 Å². The molecule has 0 aromatic carbocycles. The summed E-state index contributed by atoms with van der Waals surface area (Å²) in [5, 5.41) is 0. The SMILES string of the molecule is CC(C)C1CCC[C@@H]2CCCC[C@H]12. The van der Waals surface area contributed by atoms with Gasteiger partial charge in [0.05, 0.1) is 0 Å². The number of hydrogen-bond donors (Lipinski definition) is 0. The zero-order chi connectivity index (χ0) is 9.26. The predicted molar refractivity (Wildman–Crippen MR) is 57.6 cm³/mol. The van der Waals surface area contributed by atoms with E-state index in [1.807, 2.05) is 0 Å². The fraction of sp³-hybridized carbons (Fsp3) is 1.00. The largest absolute Gasteiger partial charge is 0.0625 e. The fourth-order valence-electron chi connectivity index (χ4n) is 3.82. The number of fused-ring (bicyclic) bond motifs is 1. The minimum absolute atomic E-state index is 0.936. The first-order valence-corrected chi connectivity index (χ1v) is 6.29. The Kier molecular flexibility index (Phi) is 2.96. The first-order chi connectivity index (χ1) is 6.29. The van der Waals surface area contributed by atoms with Gasteiger partial charge >= 0.3 is 0 Å². The molecule has 0 nitrogen and oxygen atoms in total. The summed E-state index contributed by atoms with van der Waals surface area (Å²) >= 11 is 0. The lowest BCUT2D eigenvalue weighted by molar-refractivity contribution is 0.0747. The van der Waals surface area contributed by atoms with E-state index in [4.69, 9.17) is 0 Å². The van der Waals surface area contributed by atoms with Gasteiger partial charge in [-0.2, -0.15) is 0 Å². The predicted octanol–water partition coefficient (Wildman–Crippen LogP) is 4.25. The van der Waals surface area contributed by atoms with Gasteiger partial charge < -0.3 is 0 Å². The van der Waals surface area contributed by atoms with E-state index in [1.165, 1.54) is 25.7 Å². The van der Waals surface area contributed by atoms with E-state index in [2.05, 4.69) is 13.8 Å². The molecule has 0 heteroatoms. The summed E-state index contributed by atoms with van der Waals surface area (Å²) in [5.41, 5.74) is 0. The molecule has 1 unspecified atom stereocenters. The van der Waals surface area contributed by atoms with Crippen molar-refractivity contribution in [3.05, 3.63) is 0 Å². The third kappa shape index (κ3) is 1.92. The summed E-state index contributed by atoms with van der Waals surface area (Å²) < 4.78 is 0. The van der Waals surface area contributed by atoms with Crippen LogP contribution in [0, 0.1) is 23.7 Å². The van der Waals surface area contributed by atoms with E-state index in [0.717, 1.165) is 23.7 Å². The zero-order valence-electron chi connectivity index (χ0n) is 9.26. The van der Waals surface area contributed by atoms with E-state index in [-0.39, 0.29) is 0 Å². The van der Waals surface area contributed by atoms with Crippen LogP contribution in [-0.2, 0) is 0 Å². The molecule has 3 atom stereocenters. The Labute approximate surface area is 83.1 Å². The van der Waals surface area contributed by atoms with E-state index >= 15 is 0 Å². The maximum absolute atomic E-state index is 2.43. The molecule has 0 bridgehead atoms. The van der Waals surface area contributed by atoms with Gasteiger partial charge in [0.25, 0.3) is 0 Å². The van der Waals surface area contributed by atoms with Gasteiger partial charge in [-0.15, -0.1) is 0 Å². The summed E-state index contributed by atoms with van der Waals surface area (Å²) in [5.74, 6) is 4.24. The van der Waals surface area contributed by atoms with Crippen molar-refractivity contribution in [3.63, 3.8) is 0 Å². The lowest BCUT2D eigenvalue weighted by Gasteiger charge is -2.43. The molecule has 13 heavy (non-hydrogen) atoms. The molecule has 76 valence electrons. The van der Waals surface area contributed by atoms with Gasteiger partial charge in [0, 0.05) is 0 Å². The monoisotopic (exact) mass is 180 g/mol. The van der Waals surface area contributed by atoms with Crippen LogP contribution in [0.3, 0.4) is 0 Å². The Balaban J connectivity index is 2.02. The molecule has 0 aromatic rings. The maximum Gasteiger partial charge on any atom is -0.0355 e. The first-order valence-electron chi connectivity index (χ1n) is 6.29. The van der Waals surface area contributed by atoms with E-state index in [1.54, 1.807) is 19.3 Å². The Bertz CT molecular complexity index is 157. The van der Waals surface area contributed by atoms with Gasteiger partial charge in [-0.3, -0.25) is 0 Å². The van der Waals surface area contributed by atoms with Crippen LogP contribution in [0.4, 0.5) is 0 Å². The number of hydrogen-bond acceptors (Lipinski definition) is 0. The second-order valence-corrected chi connectivity index (χ2v) is 5.55. The average Bonchev–Trinajstić information content (AvgIpc) is 2.17. The van der Waals surface area contributed by atoms with Crippen molar-refractivity contribution in [3.8, 4) is 0 Å². The highest BCUT2D eigenvalue weighted by Crippen LogP contribution is 2.46. The van der Waals surface area contributed by atoms with Crippen LogP contribution in [0.1, 0.15) is 58.8 Å². The molecule has 2 aliphatic carbocycles. The Hall–Kier alpha value is 0. The molecule has 2 fully saturated rings. The van der Waals surface area contributed by atoms with Crippen LogP contribution in [0.25, 0.3) is 0 Å². The molecule has 0 amide bonds. The maximum atomic E-state index is 2.43. The van der Waals surface area contributed by atoms with Crippen molar-refractivity contribution in [1.82, 2.24) is 0 Å². The molecule has 0 radical (unpaired) electrons. The van der Waals surface area contributed by atoms with Crippen LogP contribution < -0.4 is 0 Å². The molecular formula is C13H24. The van der Waals surface area contributed by atoms with Crippen molar-refractivity contribution < 1.29 is 0 Å². The number of rotatable bonds is 1. The zero-order valence-corrected chi connectivity index (χ0v) is 9.26. The van der Waals surface area contributed by atoms with Crippen LogP contribution in [0.15, 0.2) is 0 Å². The van der Waals surface area contributed by atoms with Crippen LogP contribution in [-0.4, -0.2) is 0 Å². The van der Waals surface area contributed by atoms with Crippen molar-refractivity contribution in [2.24, 2.45) is 23.7 Å². The Morgan fingerprint density at radius 2 is 1.54 bits per heavy atom. The van der Waals surface area contributed by atoms with Crippen LogP contribution >= 0.6 is 0 Å². The second-order valence-electron chi connectivity index (χ2n) is 5.55. The van der Waals surface area contributed by atoms with Crippen molar-refractivity contribution in [1.29, 1.82) is 0 Å². The minimum atomic E-state index is 0.936. The van der Waals surface area contributed by atoms with Gasteiger partial charge in [0.2, 0.25) is 0 Å². The average molecular weight is 180 g/mol. The van der Waals surface area contributed by atoms with Gasteiger partial charge in [-0.05, 0) is 36.5 Å². The summed E-state index contributed by atoms with van der Waals surface area (Å²) in [6.07, 6.45) is 10.7. The highest BCUT2D eigenvalue weighted by atomic mass is 14.4. The van der Waals surface area contributed by atoms with Crippen LogP contribution in [0.5, 0.6) is 0 Å². The molecule has 2 saturated carbocycles. The molecule has 0 N–H and O–H groups in total. The van der Waals surface area contributed by atoms with Gasteiger partial charge in [0.1, 0.15) is 0 Å². The molecule has 2 rings (SSSR count). The molecular weight excluding hydrogens is 156 g/mol. The third-order valence-electron chi connectivity index (χ3n) is 4.49. The van der Waals surface area contributed by atoms with Crippen molar-refractivity contribution >= 4 is 0 Å². The van der Waals surface area contributed by atoms with E-state index in [0.29, 0.717) is 0 Å². The highest BCUT2D eigenvalue weighted by molar-refractivity contribution is 4.86. The van der Waals surface area contributed by atoms with Crippen molar-refractivity contribution in [2.45, 2.75) is 58.8 Å². The first kappa shape index (κ1) is 9.55. The highest BCUT2D eigenvalue weighted by Gasteiger charge is 2.35. The summed E-state index contributed by atoms with van der Waals surface area (Å²) in [6.45, 7) is 4.86. The lowest BCUT2D eigenvalue weighted by Crippen LogP contribution is -2.33. The standard InChI is InChI=1S/C13H24/c1-10(2)12-9-5-7-11-6-3-4-8-13(11)12/h10-13H,3-9H2,1-2H3/t11-,12?,13-/m0/s1. The van der Waals surface area contributed by atoms with Gasteiger partial charge in [0.15, 0.2) is 0 Å². The lowest BCUT2D eigenvalue weighted by atomic mass is 9.63. The van der Waals surface area contributed by atoms with Crippen molar-refractivity contribution in [2.75, 3.05) is 0 Å². The van der Waals surface area contributed by atoms with Crippen LogP contribution in [0.2, 0.25) is 0 Å². The summed E-state index contributed by atoms with van der Waals surface area (Å²) in [6, 6.07) is 0.